The summed E-state index contributed by atoms with van der Waals surface area (Å²) in [6, 6.07) is 57.8. The number of thiophene rings is 1. The summed E-state index contributed by atoms with van der Waals surface area (Å²) in [6.07, 6.45) is 0. The summed E-state index contributed by atoms with van der Waals surface area (Å²) in [7, 11) is 0. The Morgan fingerprint density at radius 1 is 0.492 bits per heavy atom. The molecule has 7 heterocycles. The van der Waals surface area contributed by atoms with Crippen molar-refractivity contribution < 1.29 is 13.3 Å². The number of hydrogen-bond donors (Lipinski definition) is 0. The van der Waals surface area contributed by atoms with E-state index in [9.17, 15) is 0 Å². The van der Waals surface area contributed by atoms with Gasteiger partial charge in [0.25, 0.3) is 0 Å². The first-order valence-corrected chi connectivity index (χ1v) is 23.3. The summed E-state index contributed by atoms with van der Waals surface area (Å²) >= 11 is 1.87. The van der Waals surface area contributed by atoms with Crippen LogP contribution in [-0.4, -0.2) is 11.4 Å². The normalized spacial score (nSPS) is 13.7. The van der Waals surface area contributed by atoms with Crippen LogP contribution < -0.4 is 15.7 Å². The molecule has 304 valence electrons. The largest absolute Gasteiger partial charge is 0.456 e. The summed E-state index contributed by atoms with van der Waals surface area (Å²) < 4.78 is 25.9. The molecular formula is C58H35BN2O3S. The van der Waals surface area contributed by atoms with Gasteiger partial charge in [0.1, 0.15) is 33.5 Å². The molecule has 0 atom stereocenters. The fourth-order valence-corrected chi connectivity index (χ4v) is 13.0. The monoisotopic (exact) mass is 850 g/mol. The van der Waals surface area contributed by atoms with E-state index in [0.717, 1.165) is 94.0 Å². The van der Waals surface area contributed by atoms with Gasteiger partial charge in [-0.15, -0.1) is 11.3 Å². The highest BCUT2D eigenvalue weighted by atomic mass is 32.1. The van der Waals surface area contributed by atoms with Crippen LogP contribution in [0.25, 0.3) is 125 Å². The zero-order chi connectivity index (χ0) is 42.6. The maximum absolute atomic E-state index is 7.33. The minimum absolute atomic E-state index is 0.00109. The van der Waals surface area contributed by atoms with Crippen molar-refractivity contribution in [3.8, 4) is 16.8 Å². The first-order valence-electron chi connectivity index (χ1n) is 22.4. The summed E-state index contributed by atoms with van der Waals surface area (Å²) in [6.45, 7) is 6.62. The van der Waals surface area contributed by atoms with Crippen LogP contribution in [0.15, 0.2) is 171 Å². The maximum Gasteiger partial charge on any atom is 0.333 e. The van der Waals surface area contributed by atoms with E-state index in [0.29, 0.717) is 0 Å². The van der Waals surface area contributed by atoms with E-state index >= 15 is 0 Å². The van der Waals surface area contributed by atoms with Gasteiger partial charge in [0.2, 0.25) is 0 Å². The van der Waals surface area contributed by atoms with Gasteiger partial charge in [-0.25, -0.2) is 0 Å². The van der Waals surface area contributed by atoms with Crippen molar-refractivity contribution in [3.63, 3.8) is 0 Å². The molecule has 7 heteroatoms. The van der Waals surface area contributed by atoms with Crippen molar-refractivity contribution in [2.75, 3.05) is 4.81 Å². The van der Waals surface area contributed by atoms with Gasteiger partial charge in [-0.05, 0) is 94.7 Å². The molecule has 0 saturated carbocycles. The Bertz CT molecular complexity index is 4480. The second-order valence-corrected chi connectivity index (χ2v) is 20.2. The first-order chi connectivity index (χ1) is 31.9. The Balaban J connectivity index is 1.18. The summed E-state index contributed by atoms with van der Waals surface area (Å²) in [5.74, 6) is 0. The zero-order valence-electron chi connectivity index (χ0n) is 35.6. The maximum atomic E-state index is 7.33. The molecule has 0 fully saturated rings. The number of fused-ring (bicyclic) bond motifs is 23. The lowest BCUT2D eigenvalue weighted by Gasteiger charge is -2.42. The van der Waals surface area contributed by atoms with E-state index in [-0.39, 0.29) is 12.3 Å². The lowest BCUT2D eigenvalue weighted by atomic mass is 9.43. The van der Waals surface area contributed by atoms with Crippen LogP contribution in [0.1, 0.15) is 26.3 Å². The van der Waals surface area contributed by atoms with Crippen molar-refractivity contribution in [1.82, 2.24) is 4.57 Å². The number of hydrogen-bond acceptors (Lipinski definition) is 5. The van der Waals surface area contributed by atoms with Crippen LogP contribution >= 0.6 is 11.3 Å². The van der Waals surface area contributed by atoms with Crippen molar-refractivity contribution in [3.05, 3.63) is 163 Å². The van der Waals surface area contributed by atoms with Crippen LogP contribution in [0.5, 0.6) is 0 Å². The summed E-state index contributed by atoms with van der Waals surface area (Å²) in [4.78, 5) is 2.62. The molecule has 0 saturated heterocycles. The molecule has 2 aliphatic rings. The average Bonchev–Trinajstić information content (AvgIpc) is 4.14. The van der Waals surface area contributed by atoms with Gasteiger partial charge < -0.3 is 22.6 Å². The van der Waals surface area contributed by atoms with Gasteiger partial charge in [-0.1, -0.05) is 106 Å². The van der Waals surface area contributed by atoms with E-state index in [1.165, 1.54) is 58.5 Å². The predicted octanol–water partition coefficient (Wildman–Crippen LogP) is 15.4. The third-order valence-electron chi connectivity index (χ3n) is 14.7. The first kappa shape index (κ1) is 34.7. The van der Waals surface area contributed by atoms with E-state index in [1.807, 2.05) is 11.3 Å². The van der Waals surface area contributed by atoms with Gasteiger partial charge in [-0.2, -0.15) is 0 Å². The molecule has 14 aromatic rings. The molecule has 0 bridgehead atoms. The number of nitrogens with zero attached hydrogens (tertiary/aromatic N) is 2. The number of anilines is 2. The Labute approximate surface area is 375 Å². The number of rotatable bonds is 1. The van der Waals surface area contributed by atoms with Crippen molar-refractivity contribution in [1.29, 1.82) is 0 Å². The molecule has 65 heavy (non-hydrogen) atoms. The second kappa shape index (κ2) is 11.7. The standard InChI is InChI=1S/C58H35BN2O3S/c1-58(2,3)30-20-22-31(23-21-30)61-41-29-49-37(33-13-7-11-19-48(33)65-49)26-38(41)52-55-56-54(51-35-15-6-10-18-45(35)64-57(51)52)53-40(24-25-46-50(53)34-14-5-9-17-44(34)62-46)60(56)42-27-36-32-12-4-8-16-43(32)63-47(36)28-39(42)59(55)61/h4-29H,1-3H3. The third kappa shape index (κ3) is 4.26. The molecule has 16 rings (SSSR count). The summed E-state index contributed by atoms with van der Waals surface area (Å²) in [5.41, 5.74) is 17.1. The van der Waals surface area contributed by atoms with Crippen LogP contribution in [0.2, 0.25) is 0 Å². The van der Waals surface area contributed by atoms with E-state index < -0.39 is 0 Å². The molecule has 0 amide bonds. The lowest BCUT2D eigenvalue weighted by Crippen LogP contribution is -2.60. The second-order valence-electron chi connectivity index (χ2n) is 19.1. The van der Waals surface area contributed by atoms with E-state index in [4.69, 9.17) is 13.3 Å². The fourth-order valence-electron chi connectivity index (χ4n) is 11.9. The zero-order valence-corrected chi connectivity index (χ0v) is 36.4. The van der Waals surface area contributed by atoms with Gasteiger partial charge >= 0.3 is 6.85 Å². The van der Waals surface area contributed by atoms with Crippen molar-refractivity contribution in [2.45, 2.75) is 26.2 Å². The number of furan rings is 3. The van der Waals surface area contributed by atoms with Crippen LogP contribution in [0.3, 0.4) is 0 Å². The topological polar surface area (TPSA) is 47.6 Å². The third-order valence-corrected chi connectivity index (χ3v) is 15.8. The fraction of sp³-hybridized carbons (Fsp3) is 0.0690. The minimum atomic E-state index is -0.245. The quantitative estimate of drug-likeness (QED) is 0.154. The highest BCUT2D eigenvalue weighted by molar-refractivity contribution is 7.25. The van der Waals surface area contributed by atoms with Gasteiger partial charge in [0.15, 0.2) is 0 Å². The molecule has 0 unspecified atom stereocenters. The SMILES string of the molecule is CC(C)(C)c1ccc(N2B3c4cc5oc6ccccc6c5cc4-n4c5ccc6oc7ccccc7c6c5c5c6c(oc7ccccc76)c(c3c54)-c3cc4c(cc32)sc2ccccc24)cc1. The molecule has 5 aromatic heterocycles. The average molecular weight is 851 g/mol. The Morgan fingerprint density at radius 2 is 1.17 bits per heavy atom. The smallest absolute Gasteiger partial charge is 0.333 e. The Hall–Kier alpha value is -7.74. The lowest BCUT2D eigenvalue weighted by molar-refractivity contribution is 0.590. The van der Waals surface area contributed by atoms with Crippen molar-refractivity contribution in [2.24, 2.45) is 0 Å². The molecule has 0 N–H and O–H groups in total. The number of benzene rings is 9. The van der Waals surface area contributed by atoms with Crippen molar-refractivity contribution >= 4 is 148 Å². The molecule has 5 nitrogen and oxygen atoms in total. The van der Waals surface area contributed by atoms with Crippen LogP contribution in [0.4, 0.5) is 11.4 Å². The van der Waals surface area contributed by atoms with E-state index in [2.05, 4.69) is 188 Å². The molecule has 0 spiro atoms. The summed E-state index contributed by atoms with van der Waals surface area (Å²) in [5, 5.41) is 11.6. The molecular weight excluding hydrogens is 816 g/mol. The number of para-hydroxylation sites is 3. The number of aromatic nitrogens is 1. The van der Waals surface area contributed by atoms with Gasteiger partial charge in [-0.3, -0.25) is 0 Å². The highest BCUT2D eigenvalue weighted by Gasteiger charge is 2.47. The van der Waals surface area contributed by atoms with E-state index in [1.54, 1.807) is 0 Å². The predicted molar refractivity (Wildman–Crippen MR) is 273 cm³/mol. The molecule has 9 aromatic carbocycles. The molecule has 0 radical (unpaired) electrons. The highest BCUT2D eigenvalue weighted by Crippen LogP contribution is 2.54. The Morgan fingerprint density at radius 3 is 1.95 bits per heavy atom. The van der Waals surface area contributed by atoms with Crippen LogP contribution in [0, 0.1) is 0 Å². The molecule has 2 aliphatic heterocycles. The minimum Gasteiger partial charge on any atom is -0.456 e. The van der Waals surface area contributed by atoms with Crippen LogP contribution in [-0.2, 0) is 5.41 Å². The molecule has 0 aliphatic carbocycles. The Kier molecular flexibility index (Phi) is 6.24. The van der Waals surface area contributed by atoms with Gasteiger partial charge in [0, 0.05) is 91.5 Å². The van der Waals surface area contributed by atoms with Gasteiger partial charge in [0.05, 0.1) is 11.0 Å².